The summed E-state index contributed by atoms with van der Waals surface area (Å²) >= 11 is 0. The van der Waals surface area contributed by atoms with Crippen LogP contribution in [-0.4, -0.2) is 27.8 Å². The highest BCUT2D eigenvalue weighted by Gasteiger charge is 2.38. The van der Waals surface area contributed by atoms with Crippen molar-refractivity contribution in [1.29, 1.82) is 0 Å². The Morgan fingerprint density at radius 3 is 2.10 bits per heavy atom. The second kappa shape index (κ2) is 7.55. The van der Waals surface area contributed by atoms with Gasteiger partial charge in [-0.1, -0.05) is 47.5 Å². The molecule has 2 heterocycles. The molecule has 7 nitrogen and oxygen atoms in total. The van der Waals surface area contributed by atoms with E-state index in [2.05, 4.69) is 4.98 Å². The zero-order valence-corrected chi connectivity index (χ0v) is 15.4. The molecule has 0 bridgehead atoms. The predicted octanol–water partition coefficient (Wildman–Crippen LogP) is 3.59. The number of hydrogen-bond donors (Lipinski definition) is 0. The number of rotatable bonds is 5. The number of amides is 2. The number of hydroxylamine groups is 2. The van der Waals surface area contributed by atoms with Crippen LogP contribution in [0.25, 0.3) is 0 Å². The van der Waals surface area contributed by atoms with Gasteiger partial charge in [-0.05, 0) is 30.7 Å². The summed E-state index contributed by atoms with van der Waals surface area (Å²) in [6.07, 6.45) is 1.05. The van der Waals surface area contributed by atoms with Crippen LogP contribution in [0, 0.1) is 0 Å². The minimum Gasteiger partial charge on any atom is -0.470 e. The lowest BCUT2D eigenvalue weighted by molar-refractivity contribution is -0.0584. The molecule has 7 heteroatoms. The number of imide groups is 1. The molecule has 0 spiro atoms. The van der Waals surface area contributed by atoms with Crippen LogP contribution >= 0.6 is 0 Å². The van der Waals surface area contributed by atoms with Crippen molar-refractivity contribution in [3.63, 3.8) is 0 Å². The summed E-state index contributed by atoms with van der Waals surface area (Å²) in [7, 11) is 0. The van der Waals surface area contributed by atoms with E-state index in [4.69, 9.17) is 9.57 Å². The van der Waals surface area contributed by atoms with Gasteiger partial charge in [0.05, 0.1) is 16.7 Å². The Labute approximate surface area is 166 Å². The Kier molecular flexibility index (Phi) is 4.78. The number of pyridine rings is 1. The number of hydrogen-bond acceptors (Lipinski definition) is 6. The predicted molar refractivity (Wildman–Crippen MR) is 102 cm³/mol. The van der Waals surface area contributed by atoms with E-state index in [0.29, 0.717) is 10.9 Å². The molecule has 1 unspecified atom stereocenters. The Balaban J connectivity index is 1.43. The van der Waals surface area contributed by atoms with Crippen LogP contribution in [0.4, 0.5) is 0 Å². The summed E-state index contributed by atoms with van der Waals surface area (Å²) in [5, 5.41) is 0.467. The summed E-state index contributed by atoms with van der Waals surface area (Å²) < 4.78 is 5.76. The van der Waals surface area contributed by atoms with Gasteiger partial charge in [0.15, 0.2) is 0 Å². The average Bonchev–Trinajstić information content (AvgIpc) is 3.00. The molecule has 4 rings (SSSR count). The lowest BCUT2D eigenvalue weighted by Crippen LogP contribution is -2.32. The topological polar surface area (TPSA) is 85.8 Å². The fraction of sp³-hybridized carbons (Fsp3) is 0.0909. The van der Waals surface area contributed by atoms with Crippen molar-refractivity contribution in [2.45, 2.75) is 13.0 Å². The highest BCUT2D eigenvalue weighted by molar-refractivity contribution is 6.21. The number of ether oxygens (including phenoxy) is 1. The van der Waals surface area contributed by atoms with E-state index >= 15 is 0 Å². The Hall–Kier alpha value is -4.00. The lowest BCUT2D eigenvalue weighted by Gasteiger charge is -2.15. The summed E-state index contributed by atoms with van der Waals surface area (Å²) in [5.74, 6) is -1.89. The molecule has 1 aliphatic rings. The normalized spacial score (nSPS) is 13.8. The van der Waals surface area contributed by atoms with Crippen molar-refractivity contribution < 1.29 is 24.0 Å². The lowest BCUT2D eigenvalue weighted by atomic mass is 10.1. The molecule has 0 fully saturated rings. The molecule has 29 heavy (non-hydrogen) atoms. The third-order valence-corrected chi connectivity index (χ3v) is 4.47. The standard InChI is InChI=1S/C22H16N2O5/c1-14(15-7-3-2-4-8-15)28-19-12-11-16(13-23-19)22(27)29-24-20(25)17-9-5-6-10-18(17)21(24)26/h2-14H,1H3. The highest BCUT2D eigenvalue weighted by Crippen LogP contribution is 2.24. The average molecular weight is 388 g/mol. The van der Waals surface area contributed by atoms with E-state index in [9.17, 15) is 14.4 Å². The largest absolute Gasteiger partial charge is 0.470 e. The van der Waals surface area contributed by atoms with Crippen LogP contribution in [-0.2, 0) is 4.84 Å². The van der Waals surface area contributed by atoms with Crippen LogP contribution in [0.3, 0.4) is 0 Å². The van der Waals surface area contributed by atoms with Crippen LogP contribution in [0.2, 0.25) is 0 Å². The maximum Gasteiger partial charge on any atom is 0.365 e. The van der Waals surface area contributed by atoms with E-state index in [1.807, 2.05) is 37.3 Å². The van der Waals surface area contributed by atoms with Crippen molar-refractivity contribution >= 4 is 17.8 Å². The monoisotopic (exact) mass is 388 g/mol. The number of carbonyl (C=O) groups is 3. The first kappa shape index (κ1) is 18.4. The van der Waals surface area contributed by atoms with Crippen LogP contribution in [0.15, 0.2) is 72.9 Å². The molecule has 0 saturated heterocycles. The van der Waals surface area contributed by atoms with Crippen molar-refractivity contribution in [1.82, 2.24) is 10.0 Å². The second-order valence-electron chi connectivity index (χ2n) is 6.38. The van der Waals surface area contributed by atoms with E-state index in [1.165, 1.54) is 30.5 Å². The number of carbonyl (C=O) groups excluding carboxylic acids is 3. The van der Waals surface area contributed by atoms with E-state index < -0.39 is 17.8 Å². The molecule has 1 aliphatic heterocycles. The van der Waals surface area contributed by atoms with Gasteiger partial charge in [0.1, 0.15) is 6.10 Å². The minimum absolute atomic E-state index is 0.0845. The number of aromatic nitrogens is 1. The fourth-order valence-corrected chi connectivity index (χ4v) is 2.93. The SMILES string of the molecule is CC(Oc1ccc(C(=O)ON2C(=O)c3ccccc3C2=O)cn1)c1ccccc1. The van der Waals surface area contributed by atoms with Crippen molar-refractivity contribution in [3.8, 4) is 5.88 Å². The second-order valence-corrected chi connectivity index (χ2v) is 6.38. The van der Waals surface area contributed by atoms with Crippen LogP contribution < -0.4 is 4.74 Å². The number of fused-ring (bicyclic) bond motifs is 1. The first-order chi connectivity index (χ1) is 14.0. The molecule has 0 N–H and O–H groups in total. The molecular formula is C22H16N2O5. The zero-order valence-electron chi connectivity index (χ0n) is 15.4. The molecule has 0 aliphatic carbocycles. The summed E-state index contributed by atoms with van der Waals surface area (Å²) in [5.41, 5.74) is 1.47. The molecule has 0 saturated carbocycles. The molecule has 2 amide bonds. The molecule has 2 aromatic carbocycles. The van der Waals surface area contributed by atoms with Crippen molar-refractivity contribution in [3.05, 3.63) is 95.2 Å². The van der Waals surface area contributed by atoms with Crippen molar-refractivity contribution in [2.75, 3.05) is 0 Å². The highest BCUT2D eigenvalue weighted by atomic mass is 16.7. The maximum atomic E-state index is 12.3. The molecule has 3 aromatic rings. The Bertz CT molecular complexity index is 1040. The summed E-state index contributed by atoms with van der Waals surface area (Å²) in [6.45, 7) is 1.89. The summed E-state index contributed by atoms with van der Waals surface area (Å²) in [6, 6.07) is 18.9. The van der Waals surface area contributed by atoms with Gasteiger partial charge < -0.3 is 9.57 Å². The Morgan fingerprint density at radius 2 is 1.52 bits per heavy atom. The smallest absolute Gasteiger partial charge is 0.365 e. The fourth-order valence-electron chi connectivity index (χ4n) is 2.93. The van der Waals surface area contributed by atoms with Gasteiger partial charge in [-0.2, -0.15) is 0 Å². The van der Waals surface area contributed by atoms with Crippen molar-refractivity contribution in [2.24, 2.45) is 0 Å². The van der Waals surface area contributed by atoms with Gasteiger partial charge in [0, 0.05) is 12.3 Å². The van der Waals surface area contributed by atoms with Gasteiger partial charge in [-0.15, -0.1) is 0 Å². The van der Waals surface area contributed by atoms with E-state index in [-0.39, 0.29) is 22.8 Å². The number of nitrogens with zero attached hydrogens (tertiary/aromatic N) is 2. The quantitative estimate of drug-likeness (QED) is 0.621. The molecule has 0 radical (unpaired) electrons. The van der Waals surface area contributed by atoms with Gasteiger partial charge in [0.2, 0.25) is 5.88 Å². The van der Waals surface area contributed by atoms with Gasteiger partial charge in [0.25, 0.3) is 11.8 Å². The van der Waals surface area contributed by atoms with E-state index in [0.717, 1.165) is 5.56 Å². The maximum absolute atomic E-state index is 12.3. The molecule has 1 aromatic heterocycles. The first-order valence-corrected chi connectivity index (χ1v) is 8.92. The molecule has 1 atom stereocenters. The Morgan fingerprint density at radius 1 is 0.897 bits per heavy atom. The van der Waals surface area contributed by atoms with E-state index in [1.54, 1.807) is 12.1 Å². The molecule has 144 valence electrons. The third-order valence-electron chi connectivity index (χ3n) is 4.47. The van der Waals surface area contributed by atoms with Gasteiger partial charge in [-0.25, -0.2) is 9.78 Å². The third kappa shape index (κ3) is 3.58. The van der Waals surface area contributed by atoms with Crippen LogP contribution in [0.1, 0.15) is 49.7 Å². The first-order valence-electron chi connectivity index (χ1n) is 8.92. The van der Waals surface area contributed by atoms with Gasteiger partial charge >= 0.3 is 5.97 Å². The summed E-state index contributed by atoms with van der Waals surface area (Å²) in [4.78, 5) is 46.0. The molecular weight excluding hydrogens is 372 g/mol. The zero-order chi connectivity index (χ0) is 20.4. The minimum atomic E-state index is -0.866. The van der Waals surface area contributed by atoms with Gasteiger partial charge in [-0.3, -0.25) is 9.59 Å². The number of benzene rings is 2. The van der Waals surface area contributed by atoms with Crippen LogP contribution in [0.5, 0.6) is 5.88 Å².